The smallest absolute Gasteiger partial charge is 0.395 e. The molecular weight excluding hydrogens is 202 g/mol. The lowest BCUT2D eigenvalue weighted by atomic mass is 10.2. The van der Waals surface area contributed by atoms with Gasteiger partial charge in [-0.15, -0.1) is 8.78 Å². The molecule has 1 aromatic rings. The van der Waals surface area contributed by atoms with Gasteiger partial charge in [0.05, 0.1) is 0 Å². The van der Waals surface area contributed by atoms with Crippen molar-refractivity contribution in [2.45, 2.75) is 33.5 Å². The first-order valence-corrected chi connectivity index (χ1v) is 4.85. The number of alkyl halides is 2. The van der Waals surface area contributed by atoms with Crippen molar-refractivity contribution in [3.63, 3.8) is 0 Å². The highest BCUT2D eigenvalue weighted by Crippen LogP contribution is 2.40. The third kappa shape index (κ3) is 3.08. The lowest BCUT2D eigenvalue weighted by Gasteiger charge is -2.04. The maximum atomic E-state index is 12.4. The Labute approximate surface area is 87.8 Å². The van der Waals surface area contributed by atoms with Gasteiger partial charge in [0.15, 0.2) is 11.5 Å². The number of benzene rings is 1. The van der Waals surface area contributed by atoms with Crippen LogP contribution in [0.25, 0.3) is 0 Å². The molecule has 0 atom stereocenters. The first-order chi connectivity index (χ1) is 6.98. The molecule has 0 aromatic heterocycles. The summed E-state index contributed by atoms with van der Waals surface area (Å²) < 4.78 is 33.3. The van der Waals surface area contributed by atoms with E-state index in [1.54, 1.807) is 13.0 Å². The number of hydrogen-bond donors (Lipinski definition) is 0. The minimum atomic E-state index is -3.50. The Balaban J connectivity index is 0.000000337. The number of rotatable bonds is 0. The summed E-state index contributed by atoms with van der Waals surface area (Å²) in [5.41, 5.74) is 0.857. The number of ether oxygens (including phenoxy) is 2. The van der Waals surface area contributed by atoms with Gasteiger partial charge in [-0.2, -0.15) is 0 Å². The zero-order chi connectivity index (χ0) is 11.5. The third-order valence-electron chi connectivity index (χ3n) is 1.56. The average Bonchev–Trinajstić information content (AvgIpc) is 2.39. The highest BCUT2D eigenvalue weighted by molar-refractivity contribution is 5.44. The molecule has 1 aromatic carbocycles. The predicted molar refractivity (Wildman–Crippen MR) is 53.3 cm³/mol. The monoisotopic (exact) mass is 216 g/mol. The Kier molecular flexibility index (Phi) is 3.50. The highest BCUT2D eigenvalue weighted by Gasteiger charge is 2.43. The first-order valence-electron chi connectivity index (χ1n) is 4.85. The zero-order valence-corrected chi connectivity index (χ0v) is 9.01. The number of fused-ring (bicyclic) bond motifs is 1. The van der Waals surface area contributed by atoms with Gasteiger partial charge in [0, 0.05) is 0 Å². The highest BCUT2D eigenvalue weighted by atomic mass is 19.3. The fraction of sp³-hybridized carbons (Fsp3) is 0.455. The van der Waals surface area contributed by atoms with E-state index in [0.717, 1.165) is 5.56 Å². The van der Waals surface area contributed by atoms with Crippen molar-refractivity contribution in [2.75, 3.05) is 0 Å². The normalized spacial score (nSPS) is 15.5. The van der Waals surface area contributed by atoms with E-state index < -0.39 is 6.29 Å². The Bertz CT molecular complexity index is 337. The molecule has 1 heterocycles. The molecular formula is C11H14F2O2. The molecule has 0 amide bonds. The van der Waals surface area contributed by atoms with Crippen molar-refractivity contribution in [1.82, 2.24) is 0 Å². The number of halogens is 2. The van der Waals surface area contributed by atoms with Gasteiger partial charge >= 0.3 is 6.29 Å². The van der Waals surface area contributed by atoms with E-state index in [1.165, 1.54) is 18.6 Å². The van der Waals surface area contributed by atoms with Crippen molar-refractivity contribution in [3.8, 4) is 11.5 Å². The van der Waals surface area contributed by atoms with Gasteiger partial charge in [-0.05, 0) is 24.6 Å². The maximum absolute atomic E-state index is 12.4. The van der Waals surface area contributed by atoms with Crippen LogP contribution in [0.4, 0.5) is 8.78 Å². The molecule has 0 bridgehead atoms. The molecule has 15 heavy (non-hydrogen) atoms. The van der Waals surface area contributed by atoms with Crippen LogP contribution in [0.1, 0.15) is 25.8 Å². The second kappa shape index (κ2) is 4.47. The SMILES string of the molecule is CCC.Cc1ccc2c(c1)OC(F)(F)O2. The molecule has 2 nitrogen and oxygen atoms in total. The molecule has 0 spiro atoms. The van der Waals surface area contributed by atoms with Crippen LogP contribution in [-0.2, 0) is 0 Å². The van der Waals surface area contributed by atoms with E-state index >= 15 is 0 Å². The molecule has 4 heteroatoms. The van der Waals surface area contributed by atoms with Gasteiger partial charge in [0.1, 0.15) is 0 Å². The van der Waals surface area contributed by atoms with Crippen molar-refractivity contribution in [3.05, 3.63) is 23.8 Å². The fourth-order valence-corrected chi connectivity index (χ4v) is 1.06. The second-order valence-corrected chi connectivity index (χ2v) is 3.32. The van der Waals surface area contributed by atoms with Gasteiger partial charge in [-0.1, -0.05) is 26.3 Å². The van der Waals surface area contributed by atoms with Crippen LogP contribution in [0.5, 0.6) is 11.5 Å². The fourth-order valence-electron chi connectivity index (χ4n) is 1.06. The maximum Gasteiger partial charge on any atom is 0.586 e. The Morgan fingerprint density at radius 1 is 1.13 bits per heavy atom. The topological polar surface area (TPSA) is 18.5 Å². The van der Waals surface area contributed by atoms with Crippen LogP contribution in [0.15, 0.2) is 18.2 Å². The van der Waals surface area contributed by atoms with Crippen molar-refractivity contribution >= 4 is 0 Å². The van der Waals surface area contributed by atoms with Crippen LogP contribution >= 0.6 is 0 Å². The molecule has 1 aliphatic rings. The summed E-state index contributed by atoms with van der Waals surface area (Å²) in [5.74, 6) is 0.186. The third-order valence-corrected chi connectivity index (χ3v) is 1.56. The molecule has 0 unspecified atom stereocenters. The molecule has 0 saturated heterocycles. The molecule has 0 N–H and O–H groups in total. The largest absolute Gasteiger partial charge is 0.586 e. The van der Waals surface area contributed by atoms with Crippen LogP contribution in [0.3, 0.4) is 0 Å². The molecule has 2 rings (SSSR count). The molecule has 0 fully saturated rings. The second-order valence-electron chi connectivity index (χ2n) is 3.32. The molecule has 0 saturated carbocycles. The average molecular weight is 216 g/mol. The first kappa shape index (κ1) is 11.8. The summed E-state index contributed by atoms with van der Waals surface area (Å²) in [7, 11) is 0. The number of hydrogen-bond acceptors (Lipinski definition) is 2. The van der Waals surface area contributed by atoms with Gasteiger partial charge < -0.3 is 9.47 Å². The van der Waals surface area contributed by atoms with Crippen LogP contribution < -0.4 is 9.47 Å². The molecule has 84 valence electrons. The quantitative estimate of drug-likeness (QED) is 0.657. The van der Waals surface area contributed by atoms with E-state index in [4.69, 9.17) is 0 Å². The predicted octanol–water partition coefficient (Wildman–Crippen LogP) is 3.73. The Morgan fingerprint density at radius 2 is 1.67 bits per heavy atom. The molecule has 1 aliphatic heterocycles. The minimum Gasteiger partial charge on any atom is -0.395 e. The lowest BCUT2D eigenvalue weighted by molar-refractivity contribution is -0.286. The van der Waals surface area contributed by atoms with Crippen LogP contribution in [0.2, 0.25) is 0 Å². The standard InChI is InChI=1S/C8H6F2O2.C3H8/c1-5-2-3-6-7(4-5)12-8(9,10)11-6;1-3-2/h2-4H,1H3;3H2,1-2H3. The van der Waals surface area contributed by atoms with Gasteiger partial charge in [-0.25, -0.2) is 0 Å². The number of aryl methyl sites for hydroxylation is 1. The van der Waals surface area contributed by atoms with E-state index in [-0.39, 0.29) is 11.5 Å². The van der Waals surface area contributed by atoms with E-state index in [1.807, 2.05) is 0 Å². The van der Waals surface area contributed by atoms with Crippen molar-refractivity contribution in [1.29, 1.82) is 0 Å². The van der Waals surface area contributed by atoms with Crippen LogP contribution in [0, 0.1) is 6.92 Å². The zero-order valence-electron chi connectivity index (χ0n) is 9.01. The molecule has 0 radical (unpaired) electrons. The Hall–Kier alpha value is -1.32. The minimum absolute atomic E-state index is 0.0885. The summed E-state index contributed by atoms with van der Waals surface area (Å²) >= 11 is 0. The van der Waals surface area contributed by atoms with E-state index in [2.05, 4.69) is 23.3 Å². The van der Waals surface area contributed by atoms with Gasteiger partial charge in [0.25, 0.3) is 0 Å². The van der Waals surface area contributed by atoms with E-state index in [9.17, 15) is 8.78 Å². The van der Waals surface area contributed by atoms with E-state index in [0.29, 0.717) is 0 Å². The van der Waals surface area contributed by atoms with Crippen molar-refractivity contribution in [2.24, 2.45) is 0 Å². The summed E-state index contributed by atoms with van der Waals surface area (Å²) in [6, 6.07) is 4.66. The lowest BCUT2D eigenvalue weighted by Crippen LogP contribution is -2.25. The summed E-state index contributed by atoms with van der Waals surface area (Å²) in [5, 5.41) is 0. The van der Waals surface area contributed by atoms with Crippen molar-refractivity contribution < 1.29 is 18.3 Å². The summed E-state index contributed by atoms with van der Waals surface area (Å²) in [6.07, 6.45) is -2.25. The summed E-state index contributed by atoms with van der Waals surface area (Å²) in [6.45, 7) is 6.04. The Morgan fingerprint density at radius 3 is 2.27 bits per heavy atom. The van der Waals surface area contributed by atoms with Gasteiger partial charge in [0.2, 0.25) is 0 Å². The summed E-state index contributed by atoms with van der Waals surface area (Å²) in [4.78, 5) is 0. The molecule has 0 aliphatic carbocycles. The van der Waals surface area contributed by atoms with Crippen LogP contribution in [-0.4, -0.2) is 6.29 Å². The van der Waals surface area contributed by atoms with Gasteiger partial charge in [-0.3, -0.25) is 0 Å².